The molecule has 1 fully saturated rings. The number of carbonyl (C=O) groups is 2. The van der Waals surface area contributed by atoms with Crippen molar-refractivity contribution in [2.45, 2.75) is 77.5 Å². The van der Waals surface area contributed by atoms with E-state index in [-0.39, 0.29) is 24.0 Å². The zero-order valence-corrected chi connectivity index (χ0v) is 13.2. The van der Waals surface area contributed by atoms with Gasteiger partial charge in [-0.15, -0.1) is 0 Å². The Balaban J connectivity index is 2.54. The van der Waals surface area contributed by atoms with Crippen LogP contribution in [-0.4, -0.2) is 29.2 Å². The topological polar surface area (TPSA) is 78.6 Å². The Kier molecular flexibility index (Phi) is 5.19. The van der Waals surface area contributed by atoms with E-state index in [4.69, 9.17) is 15.2 Å². The molecule has 116 valence electrons. The number of carbonyl (C=O) groups excluding carboxylic acids is 2. The molecule has 5 nitrogen and oxygen atoms in total. The first-order valence-corrected chi connectivity index (χ1v) is 7.22. The summed E-state index contributed by atoms with van der Waals surface area (Å²) in [6.45, 7) is 8.79. The lowest BCUT2D eigenvalue weighted by atomic mass is 9.74. The van der Waals surface area contributed by atoms with Crippen LogP contribution in [0.1, 0.15) is 60.3 Å². The molecule has 1 aliphatic rings. The molecule has 0 aromatic rings. The Labute approximate surface area is 121 Å². The predicted molar refractivity (Wildman–Crippen MR) is 75.9 cm³/mol. The fraction of sp³-hybridized carbons (Fsp3) is 0.867. The number of hydrogen-bond acceptors (Lipinski definition) is 5. The van der Waals surface area contributed by atoms with Gasteiger partial charge in [0.15, 0.2) is 0 Å². The molecule has 0 aliphatic heterocycles. The molecule has 0 spiro atoms. The average Bonchev–Trinajstić information content (AvgIpc) is 2.26. The summed E-state index contributed by atoms with van der Waals surface area (Å²) >= 11 is 0. The van der Waals surface area contributed by atoms with Crippen molar-refractivity contribution in [2.75, 3.05) is 0 Å². The maximum absolute atomic E-state index is 12.0. The van der Waals surface area contributed by atoms with Gasteiger partial charge in [-0.1, -0.05) is 0 Å². The number of esters is 2. The standard InChI is InChI=1S/C15H27NO4/c1-10(19-11(2)17)15(16)8-6-12(7-9-15)13(18)20-14(3,4)5/h10,12H,6-9,16H2,1-5H3. The number of hydrogen-bond donors (Lipinski definition) is 1. The largest absolute Gasteiger partial charge is 0.461 e. The molecule has 0 amide bonds. The van der Waals surface area contributed by atoms with Gasteiger partial charge in [-0.2, -0.15) is 0 Å². The van der Waals surface area contributed by atoms with Crippen LogP contribution in [0, 0.1) is 5.92 Å². The monoisotopic (exact) mass is 285 g/mol. The zero-order valence-electron chi connectivity index (χ0n) is 13.2. The van der Waals surface area contributed by atoms with E-state index in [1.54, 1.807) is 0 Å². The fourth-order valence-corrected chi connectivity index (χ4v) is 2.55. The van der Waals surface area contributed by atoms with Crippen LogP contribution < -0.4 is 5.73 Å². The first-order chi connectivity index (χ1) is 9.03. The van der Waals surface area contributed by atoms with E-state index < -0.39 is 11.1 Å². The highest BCUT2D eigenvalue weighted by Crippen LogP contribution is 2.35. The Morgan fingerprint density at radius 3 is 2.15 bits per heavy atom. The van der Waals surface area contributed by atoms with Gasteiger partial charge in [0.05, 0.1) is 11.5 Å². The molecule has 0 radical (unpaired) electrons. The Hall–Kier alpha value is -1.10. The molecule has 0 heterocycles. The summed E-state index contributed by atoms with van der Waals surface area (Å²) in [5.41, 5.74) is 5.31. The summed E-state index contributed by atoms with van der Waals surface area (Å²) in [6, 6.07) is 0. The SMILES string of the molecule is CC(=O)OC(C)C1(N)CCC(C(=O)OC(C)(C)C)CC1. The van der Waals surface area contributed by atoms with Crippen LogP contribution in [0.25, 0.3) is 0 Å². The Bertz CT molecular complexity index is 365. The molecule has 1 saturated carbocycles. The minimum absolute atomic E-state index is 0.101. The van der Waals surface area contributed by atoms with Gasteiger partial charge in [-0.3, -0.25) is 9.59 Å². The maximum atomic E-state index is 12.0. The van der Waals surface area contributed by atoms with Crippen molar-refractivity contribution >= 4 is 11.9 Å². The van der Waals surface area contributed by atoms with E-state index in [1.165, 1.54) is 6.92 Å². The predicted octanol–water partition coefficient (Wildman–Crippen LogP) is 2.17. The summed E-state index contributed by atoms with van der Waals surface area (Å²) < 4.78 is 10.6. The van der Waals surface area contributed by atoms with Crippen LogP contribution in [0.5, 0.6) is 0 Å². The third-order valence-electron chi connectivity index (χ3n) is 3.81. The van der Waals surface area contributed by atoms with Crippen molar-refractivity contribution < 1.29 is 19.1 Å². The summed E-state index contributed by atoms with van der Waals surface area (Å²) in [4.78, 5) is 23.0. The van der Waals surface area contributed by atoms with E-state index in [2.05, 4.69) is 0 Å². The first kappa shape index (κ1) is 17.0. The highest BCUT2D eigenvalue weighted by Gasteiger charge is 2.40. The molecule has 0 aromatic carbocycles. The molecule has 1 unspecified atom stereocenters. The molecule has 0 bridgehead atoms. The van der Waals surface area contributed by atoms with Crippen molar-refractivity contribution in [1.29, 1.82) is 0 Å². The minimum atomic E-state index is -0.538. The smallest absolute Gasteiger partial charge is 0.309 e. The van der Waals surface area contributed by atoms with Gasteiger partial charge in [-0.25, -0.2) is 0 Å². The Morgan fingerprint density at radius 2 is 1.75 bits per heavy atom. The van der Waals surface area contributed by atoms with Gasteiger partial charge in [0.1, 0.15) is 11.7 Å². The molecule has 5 heteroatoms. The second-order valence-electron chi connectivity index (χ2n) is 6.79. The van der Waals surface area contributed by atoms with Crippen molar-refractivity contribution in [3.8, 4) is 0 Å². The number of ether oxygens (including phenoxy) is 2. The quantitative estimate of drug-likeness (QED) is 0.804. The van der Waals surface area contributed by atoms with Crippen molar-refractivity contribution in [3.63, 3.8) is 0 Å². The lowest BCUT2D eigenvalue weighted by Crippen LogP contribution is -2.54. The third-order valence-corrected chi connectivity index (χ3v) is 3.81. The Morgan fingerprint density at radius 1 is 1.25 bits per heavy atom. The zero-order chi connectivity index (χ0) is 15.6. The first-order valence-electron chi connectivity index (χ1n) is 7.22. The van der Waals surface area contributed by atoms with Crippen LogP contribution >= 0.6 is 0 Å². The van der Waals surface area contributed by atoms with Crippen LogP contribution in [0.2, 0.25) is 0 Å². The summed E-state index contributed by atoms with van der Waals surface area (Å²) in [7, 11) is 0. The fourth-order valence-electron chi connectivity index (χ4n) is 2.55. The van der Waals surface area contributed by atoms with Crippen LogP contribution in [0.4, 0.5) is 0 Å². The van der Waals surface area contributed by atoms with Gasteiger partial charge in [0.2, 0.25) is 0 Å². The van der Waals surface area contributed by atoms with E-state index in [9.17, 15) is 9.59 Å². The number of nitrogens with two attached hydrogens (primary N) is 1. The molecule has 0 aromatic heterocycles. The highest BCUT2D eigenvalue weighted by atomic mass is 16.6. The molecule has 20 heavy (non-hydrogen) atoms. The summed E-state index contributed by atoms with van der Waals surface area (Å²) in [6.07, 6.45) is 2.34. The second-order valence-corrected chi connectivity index (χ2v) is 6.79. The molecule has 1 rings (SSSR count). The third kappa shape index (κ3) is 4.78. The van der Waals surface area contributed by atoms with Gasteiger partial charge >= 0.3 is 11.9 Å². The normalized spacial score (nSPS) is 28.6. The van der Waals surface area contributed by atoms with Gasteiger partial charge in [0.25, 0.3) is 0 Å². The lowest BCUT2D eigenvalue weighted by Gasteiger charge is -2.40. The summed E-state index contributed by atoms with van der Waals surface area (Å²) in [5, 5.41) is 0. The van der Waals surface area contributed by atoms with E-state index in [0.717, 1.165) is 0 Å². The maximum Gasteiger partial charge on any atom is 0.309 e. The van der Waals surface area contributed by atoms with Crippen molar-refractivity contribution in [3.05, 3.63) is 0 Å². The van der Waals surface area contributed by atoms with Crippen LogP contribution in [0.3, 0.4) is 0 Å². The molecule has 0 saturated heterocycles. The molecule has 1 aliphatic carbocycles. The van der Waals surface area contributed by atoms with Crippen molar-refractivity contribution in [1.82, 2.24) is 0 Å². The van der Waals surface area contributed by atoms with Crippen LogP contribution in [0.15, 0.2) is 0 Å². The molecule has 1 atom stereocenters. The van der Waals surface area contributed by atoms with Gasteiger partial charge < -0.3 is 15.2 Å². The molecular formula is C15H27NO4. The van der Waals surface area contributed by atoms with E-state index in [1.807, 2.05) is 27.7 Å². The van der Waals surface area contributed by atoms with Gasteiger partial charge in [-0.05, 0) is 53.4 Å². The second kappa shape index (κ2) is 6.12. The number of rotatable bonds is 3. The molecular weight excluding hydrogens is 258 g/mol. The molecule has 2 N–H and O–H groups in total. The van der Waals surface area contributed by atoms with E-state index in [0.29, 0.717) is 25.7 Å². The summed E-state index contributed by atoms with van der Waals surface area (Å²) in [5.74, 6) is -0.577. The van der Waals surface area contributed by atoms with Gasteiger partial charge in [0, 0.05) is 6.92 Å². The minimum Gasteiger partial charge on any atom is -0.461 e. The average molecular weight is 285 g/mol. The van der Waals surface area contributed by atoms with E-state index >= 15 is 0 Å². The highest BCUT2D eigenvalue weighted by molar-refractivity contribution is 5.73. The van der Waals surface area contributed by atoms with Crippen LogP contribution in [-0.2, 0) is 19.1 Å². The van der Waals surface area contributed by atoms with Crippen molar-refractivity contribution in [2.24, 2.45) is 11.7 Å². The lowest BCUT2D eigenvalue weighted by molar-refractivity contribution is -0.163.